The van der Waals surface area contributed by atoms with E-state index in [-0.39, 0.29) is 23.5 Å². The second-order valence-corrected chi connectivity index (χ2v) is 10.4. The average molecular weight is 537 g/mol. The monoisotopic (exact) mass is 536 g/mol. The van der Waals surface area contributed by atoms with Gasteiger partial charge in [-0.3, -0.25) is 4.98 Å². The molecule has 4 heterocycles. The van der Waals surface area contributed by atoms with Gasteiger partial charge in [0, 0.05) is 36.6 Å². The summed E-state index contributed by atoms with van der Waals surface area (Å²) in [5.41, 5.74) is 8.26. The van der Waals surface area contributed by atoms with Crippen LogP contribution in [-0.2, 0) is 12.8 Å². The van der Waals surface area contributed by atoms with E-state index < -0.39 is 11.6 Å². The molecule has 5 rings (SSSR count). The second-order valence-electron chi connectivity index (χ2n) is 10.4. The molecule has 1 atom stereocenters. The Bertz CT molecular complexity index is 1330. The van der Waals surface area contributed by atoms with Gasteiger partial charge in [-0.2, -0.15) is 0 Å². The first-order chi connectivity index (χ1) is 18.8. The fourth-order valence-electron chi connectivity index (χ4n) is 5.34. The van der Waals surface area contributed by atoms with Crippen LogP contribution < -0.4 is 15.4 Å². The summed E-state index contributed by atoms with van der Waals surface area (Å²) in [5, 5.41) is 0. The minimum atomic E-state index is -0.615. The number of pyridine rings is 1. The predicted molar refractivity (Wildman–Crippen MR) is 145 cm³/mol. The van der Waals surface area contributed by atoms with Gasteiger partial charge in [-0.25, -0.2) is 23.5 Å². The molecule has 0 saturated carbocycles. The van der Waals surface area contributed by atoms with Crippen molar-refractivity contribution in [1.29, 1.82) is 0 Å². The zero-order chi connectivity index (χ0) is 27.5. The number of ether oxygens (including phenoxy) is 1. The molecule has 2 aromatic heterocycles. The number of primary amides is 1. The number of anilines is 1. The van der Waals surface area contributed by atoms with Gasteiger partial charge in [0.05, 0.1) is 24.8 Å². The van der Waals surface area contributed by atoms with Crippen molar-refractivity contribution in [2.45, 2.75) is 52.0 Å². The number of likely N-dealkylation sites (tertiary alicyclic amines) is 1. The molecule has 1 aromatic carbocycles. The van der Waals surface area contributed by atoms with Crippen LogP contribution in [0.15, 0.2) is 36.7 Å². The smallest absolute Gasteiger partial charge is 0.314 e. The van der Waals surface area contributed by atoms with E-state index in [4.69, 9.17) is 10.5 Å². The van der Waals surface area contributed by atoms with Crippen molar-refractivity contribution in [3.8, 4) is 17.0 Å². The topological polar surface area (TPSA) is 97.5 Å². The standard InChI is InChI=1S/C29H34F2N6O2/c1-3-18(2)37-10-11-39-28-23(30)13-21(14-25(28)37)27-24(31)17-34-26(35-27)15-22-5-4-20(16-33-22)12-19-6-8-36(9-7-19)29(32)38/h4-5,13-14,16-19H,3,6-12,15H2,1-2H3,(H2,32,38). The van der Waals surface area contributed by atoms with Crippen molar-refractivity contribution in [3.05, 3.63) is 65.4 Å². The molecule has 206 valence electrons. The van der Waals surface area contributed by atoms with Gasteiger partial charge in [0.1, 0.15) is 18.1 Å². The Morgan fingerprint density at radius 2 is 1.92 bits per heavy atom. The maximum Gasteiger partial charge on any atom is 0.314 e. The third-order valence-electron chi connectivity index (χ3n) is 7.78. The average Bonchev–Trinajstić information content (AvgIpc) is 2.94. The molecular weight excluding hydrogens is 502 g/mol. The van der Waals surface area contributed by atoms with Gasteiger partial charge >= 0.3 is 6.03 Å². The molecule has 2 N–H and O–H groups in total. The molecule has 2 amide bonds. The van der Waals surface area contributed by atoms with E-state index in [0.29, 0.717) is 55.7 Å². The number of amides is 2. The number of rotatable bonds is 7. The number of fused-ring (bicyclic) bond motifs is 1. The van der Waals surface area contributed by atoms with Crippen LogP contribution in [0.2, 0.25) is 0 Å². The van der Waals surface area contributed by atoms with Gasteiger partial charge in [-0.1, -0.05) is 13.0 Å². The summed E-state index contributed by atoms with van der Waals surface area (Å²) in [6.07, 6.45) is 6.91. The number of hydrogen-bond acceptors (Lipinski definition) is 6. The largest absolute Gasteiger partial charge is 0.486 e. The van der Waals surface area contributed by atoms with Crippen molar-refractivity contribution in [3.63, 3.8) is 0 Å². The van der Waals surface area contributed by atoms with E-state index in [1.54, 1.807) is 11.0 Å². The summed E-state index contributed by atoms with van der Waals surface area (Å²) in [6, 6.07) is 6.82. The number of halogens is 2. The van der Waals surface area contributed by atoms with E-state index in [2.05, 4.69) is 33.7 Å². The maximum absolute atomic E-state index is 15.0. The molecule has 10 heteroatoms. The Morgan fingerprint density at radius 3 is 2.62 bits per heavy atom. The summed E-state index contributed by atoms with van der Waals surface area (Å²) >= 11 is 0. The van der Waals surface area contributed by atoms with Crippen LogP contribution in [0, 0.1) is 17.6 Å². The number of benzene rings is 1. The molecule has 1 saturated heterocycles. The highest BCUT2D eigenvalue weighted by atomic mass is 19.1. The zero-order valence-electron chi connectivity index (χ0n) is 22.4. The first-order valence-electron chi connectivity index (χ1n) is 13.5. The quantitative estimate of drug-likeness (QED) is 0.469. The molecule has 1 fully saturated rings. The number of hydrogen-bond donors (Lipinski definition) is 1. The van der Waals surface area contributed by atoms with E-state index >= 15 is 4.39 Å². The highest BCUT2D eigenvalue weighted by Crippen LogP contribution is 2.39. The van der Waals surface area contributed by atoms with Crippen molar-refractivity contribution < 1.29 is 18.3 Å². The molecule has 8 nitrogen and oxygen atoms in total. The summed E-state index contributed by atoms with van der Waals surface area (Å²) in [4.78, 5) is 28.3. The lowest BCUT2D eigenvalue weighted by atomic mass is 9.91. The molecule has 0 bridgehead atoms. The minimum Gasteiger partial charge on any atom is -0.486 e. The Labute approximate surface area is 227 Å². The number of aromatic nitrogens is 3. The second kappa shape index (κ2) is 11.5. The molecule has 2 aliphatic rings. The third-order valence-corrected chi connectivity index (χ3v) is 7.78. The highest BCUT2D eigenvalue weighted by molar-refractivity contribution is 5.73. The minimum absolute atomic E-state index is 0.0512. The Kier molecular flexibility index (Phi) is 7.90. The van der Waals surface area contributed by atoms with Crippen molar-refractivity contribution in [1.82, 2.24) is 19.9 Å². The fraction of sp³-hybridized carbons (Fsp3) is 0.448. The SMILES string of the molecule is CCC(C)N1CCOc2c(F)cc(-c3nc(Cc4ccc(CC5CCN(C(N)=O)CC5)cn4)ncc3F)cc21. The first-order valence-corrected chi connectivity index (χ1v) is 13.5. The van der Waals surface area contributed by atoms with Gasteiger partial charge in [0.25, 0.3) is 0 Å². The molecule has 0 aliphatic carbocycles. The van der Waals surface area contributed by atoms with Gasteiger partial charge < -0.3 is 20.3 Å². The van der Waals surface area contributed by atoms with Crippen molar-refractivity contribution in [2.24, 2.45) is 11.7 Å². The lowest BCUT2D eigenvalue weighted by Gasteiger charge is -2.36. The molecule has 39 heavy (non-hydrogen) atoms. The number of nitrogens with zero attached hydrogens (tertiary/aromatic N) is 5. The van der Waals surface area contributed by atoms with E-state index in [1.807, 2.05) is 18.3 Å². The van der Waals surface area contributed by atoms with Gasteiger partial charge in [0.2, 0.25) is 0 Å². The normalized spacial score (nSPS) is 16.5. The Balaban J connectivity index is 1.31. The van der Waals surface area contributed by atoms with Gasteiger partial charge in [0.15, 0.2) is 17.4 Å². The van der Waals surface area contributed by atoms with Crippen LogP contribution in [0.1, 0.15) is 50.2 Å². The molecule has 2 aliphatic heterocycles. The van der Waals surface area contributed by atoms with E-state index in [9.17, 15) is 9.18 Å². The van der Waals surface area contributed by atoms with Crippen LogP contribution in [0.4, 0.5) is 19.3 Å². The number of piperidine rings is 1. The Hall–Kier alpha value is -3.82. The van der Waals surface area contributed by atoms with Crippen LogP contribution in [0.5, 0.6) is 5.75 Å². The van der Waals surface area contributed by atoms with Crippen LogP contribution in [-0.4, -0.2) is 58.2 Å². The van der Waals surface area contributed by atoms with E-state index in [0.717, 1.165) is 43.1 Å². The van der Waals surface area contributed by atoms with Crippen molar-refractivity contribution >= 4 is 11.7 Å². The van der Waals surface area contributed by atoms with Gasteiger partial charge in [-0.15, -0.1) is 0 Å². The molecule has 3 aromatic rings. The lowest BCUT2D eigenvalue weighted by Crippen LogP contribution is -2.41. The summed E-state index contributed by atoms with van der Waals surface area (Å²) < 4.78 is 35.5. The highest BCUT2D eigenvalue weighted by Gasteiger charge is 2.27. The summed E-state index contributed by atoms with van der Waals surface area (Å²) in [6.45, 7) is 6.56. The number of urea groups is 1. The zero-order valence-corrected chi connectivity index (χ0v) is 22.4. The molecule has 1 unspecified atom stereocenters. The Morgan fingerprint density at radius 1 is 1.13 bits per heavy atom. The summed E-state index contributed by atoms with van der Waals surface area (Å²) in [5.74, 6) is -0.0699. The van der Waals surface area contributed by atoms with Crippen LogP contribution >= 0.6 is 0 Å². The van der Waals surface area contributed by atoms with Crippen LogP contribution in [0.3, 0.4) is 0 Å². The van der Waals surface area contributed by atoms with Gasteiger partial charge in [-0.05, 0) is 62.3 Å². The molecular formula is C29H34F2N6O2. The predicted octanol–water partition coefficient (Wildman–Crippen LogP) is 4.74. The molecule has 0 spiro atoms. The number of carbonyl (C=O) groups is 1. The first kappa shape index (κ1) is 26.8. The lowest BCUT2D eigenvalue weighted by molar-refractivity contribution is 0.179. The fourth-order valence-corrected chi connectivity index (χ4v) is 5.34. The van der Waals surface area contributed by atoms with Crippen LogP contribution in [0.25, 0.3) is 11.3 Å². The summed E-state index contributed by atoms with van der Waals surface area (Å²) in [7, 11) is 0. The van der Waals surface area contributed by atoms with Crippen molar-refractivity contribution in [2.75, 3.05) is 31.1 Å². The maximum atomic E-state index is 15.0. The van der Waals surface area contributed by atoms with E-state index in [1.165, 1.54) is 6.07 Å². The molecule has 0 radical (unpaired) electrons. The third kappa shape index (κ3) is 5.94. The number of carbonyl (C=O) groups excluding carboxylic acids is 1. The number of nitrogens with two attached hydrogens (primary N) is 1.